The van der Waals surface area contributed by atoms with Crippen LogP contribution in [0.25, 0.3) is 10.8 Å². The lowest BCUT2D eigenvalue weighted by Gasteiger charge is -2.11. The Morgan fingerprint density at radius 1 is 1.29 bits per heavy atom. The van der Waals surface area contributed by atoms with E-state index in [0.717, 1.165) is 28.9 Å². The normalized spacial score (nSPS) is 15.2. The van der Waals surface area contributed by atoms with E-state index in [-0.39, 0.29) is 5.82 Å². The first kappa shape index (κ1) is 10.5. The molecule has 1 saturated carbocycles. The highest BCUT2D eigenvalue weighted by Gasteiger charge is 2.21. The number of hydrogen-bond acceptors (Lipinski definition) is 2. The molecule has 0 amide bonds. The van der Waals surface area contributed by atoms with E-state index in [2.05, 4.69) is 10.3 Å². The molecule has 0 aliphatic heterocycles. The molecule has 1 N–H and O–H groups in total. The van der Waals surface area contributed by atoms with Crippen LogP contribution in [0.3, 0.4) is 0 Å². The van der Waals surface area contributed by atoms with Crippen molar-refractivity contribution in [1.82, 2.24) is 4.98 Å². The maximum atomic E-state index is 13.8. The number of halogens is 1. The van der Waals surface area contributed by atoms with Crippen LogP contribution in [-0.4, -0.2) is 11.5 Å². The Bertz CT molecular complexity index is 561. The Kier molecular flexibility index (Phi) is 2.46. The van der Waals surface area contributed by atoms with Gasteiger partial charge in [0, 0.05) is 29.2 Å². The molecular formula is C14H15FN2. The van der Waals surface area contributed by atoms with Crippen molar-refractivity contribution in [2.75, 3.05) is 11.9 Å². The molecule has 3 rings (SSSR count). The van der Waals surface area contributed by atoms with Crippen molar-refractivity contribution >= 4 is 16.5 Å². The third kappa shape index (κ3) is 1.97. The average Bonchev–Trinajstić information content (AvgIpc) is 3.12. The van der Waals surface area contributed by atoms with Crippen LogP contribution < -0.4 is 5.32 Å². The zero-order chi connectivity index (χ0) is 11.8. The van der Waals surface area contributed by atoms with Gasteiger partial charge >= 0.3 is 0 Å². The summed E-state index contributed by atoms with van der Waals surface area (Å²) in [5, 5.41) is 5.19. The van der Waals surface area contributed by atoms with Crippen LogP contribution in [0.15, 0.2) is 24.4 Å². The molecule has 0 saturated heterocycles. The summed E-state index contributed by atoms with van der Waals surface area (Å²) in [7, 11) is 0. The maximum Gasteiger partial charge on any atom is 0.146 e. The molecule has 1 heterocycles. The summed E-state index contributed by atoms with van der Waals surface area (Å²) in [6.07, 6.45) is 4.26. The summed E-state index contributed by atoms with van der Waals surface area (Å²) in [6, 6.07) is 5.20. The molecular weight excluding hydrogens is 215 g/mol. The van der Waals surface area contributed by atoms with Gasteiger partial charge in [0.05, 0.1) is 5.69 Å². The van der Waals surface area contributed by atoms with Gasteiger partial charge in [0.15, 0.2) is 0 Å². The van der Waals surface area contributed by atoms with Gasteiger partial charge in [-0.1, -0.05) is 0 Å². The summed E-state index contributed by atoms with van der Waals surface area (Å²) >= 11 is 0. The summed E-state index contributed by atoms with van der Waals surface area (Å²) in [5.41, 5.74) is 1.57. The molecule has 1 aromatic heterocycles. The standard InChI is InChI=1S/C14H15FN2/c1-9-11-4-5-13(15)14(12(11)6-7-16-9)17-8-10-2-3-10/h4-7,10,17H,2-3,8H2,1H3. The van der Waals surface area contributed by atoms with Crippen LogP contribution in [0.5, 0.6) is 0 Å². The molecule has 1 fully saturated rings. The molecule has 88 valence electrons. The zero-order valence-corrected chi connectivity index (χ0v) is 9.83. The molecule has 2 nitrogen and oxygen atoms in total. The van der Waals surface area contributed by atoms with E-state index in [1.165, 1.54) is 18.9 Å². The molecule has 3 heteroatoms. The predicted molar refractivity (Wildman–Crippen MR) is 67.7 cm³/mol. The Morgan fingerprint density at radius 3 is 2.88 bits per heavy atom. The quantitative estimate of drug-likeness (QED) is 0.872. The number of pyridine rings is 1. The Hall–Kier alpha value is -1.64. The maximum absolute atomic E-state index is 13.8. The fraction of sp³-hybridized carbons (Fsp3) is 0.357. The van der Waals surface area contributed by atoms with Crippen LogP contribution in [0.4, 0.5) is 10.1 Å². The second-order valence-electron chi connectivity index (χ2n) is 4.74. The second kappa shape index (κ2) is 3.99. The van der Waals surface area contributed by atoms with Crippen LogP contribution in [-0.2, 0) is 0 Å². The third-order valence-electron chi connectivity index (χ3n) is 3.36. The zero-order valence-electron chi connectivity index (χ0n) is 9.83. The summed E-state index contributed by atoms with van der Waals surface area (Å²) in [6.45, 7) is 2.82. The van der Waals surface area contributed by atoms with Crippen LogP contribution in [0, 0.1) is 18.7 Å². The number of aryl methyl sites for hydroxylation is 1. The topological polar surface area (TPSA) is 24.9 Å². The summed E-state index contributed by atoms with van der Waals surface area (Å²) in [5.74, 6) is 0.552. The molecule has 1 aliphatic carbocycles. The second-order valence-corrected chi connectivity index (χ2v) is 4.74. The number of benzene rings is 1. The number of fused-ring (bicyclic) bond motifs is 1. The lowest BCUT2D eigenvalue weighted by Crippen LogP contribution is -2.05. The first-order chi connectivity index (χ1) is 8.25. The molecule has 0 bridgehead atoms. The van der Waals surface area contributed by atoms with E-state index in [4.69, 9.17) is 0 Å². The van der Waals surface area contributed by atoms with Gasteiger partial charge in [-0.2, -0.15) is 0 Å². The monoisotopic (exact) mass is 230 g/mol. The number of anilines is 1. The van der Waals surface area contributed by atoms with Crippen LogP contribution in [0.2, 0.25) is 0 Å². The van der Waals surface area contributed by atoms with Gasteiger partial charge in [-0.3, -0.25) is 4.98 Å². The van der Waals surface area contributed by atoms with Crippen LogP contribution in [0.1, 0.15) is 18.5 Å². The number of nitrogens with one attached hydrogen (secondary N) is 1. The predicted octanol–water partition coefficient (Wildman–Crippen LogP) is 3.50. The van der Waals surface area contributed by atoms with Gasteiger partial charge in [0.1, 0.15) is 5.82 Å². The number of rotatable bonds is 3. The van der Waals surface area contributed by atoms with E-state index in [9.17, 15) is 4.39 Å². The van der Waals surface area contributed by atoms with Gasteiger partial charge in [-0.25, -0.2) is 4.39 Å². The van der Waals surface area contributed by atoms with Gasteiger partial charge < -0.3 is 5.32 Å². The Labute approximate surface area is 99.9 Å². The van der Waals surface area contributed by atoms with Crippen molar-refractivity contribution in [3.05, 3.63) is 35.9 Å². The average molecular weight is 230 g/mol. The molecule has 2 aromatic rings. The Balaban J connectivity index is 2.06. The van der Waals surface area contributed by atoms with Crippen molar-refractivity contribution in [3.8, 4) is 0 Å². The van der Waals surface area contributed by atoms with Gasteiger partial charge in [-0.05, 0) is 43.9 Å². The highest BCUT2D eigenvalue weighted by Crippen LogP contribution is 2.32. The highest BCUT2D eigenvalue weighted by molar-refractivity contribution is 5.95. The number of aromatic nitrogens is 1. The van der Waals surface area contributed by atoms with E-state index in [1.54, 1.807) is 12.3 Å². The van der Waals surface area contributed by atoms with E-state index in [1.807, 2.05) is 13.0 Å². The van der Waals surface area contributed by atoms with Crippen LogP contribution >= 0.6 is 0 Å². The Morgan fingerprint density at radius 2 is 2.12 bits per heavy atom. The minimum atomic E-state index is -0.177. The molecule has 0 spiro atoms. The third-order valence-corrected chi connectivity index (χ3v) is 3.36. The fourth-order valence-electron chi connectivity index (χ4n) is 2.12. The van der Waals surface area contributed by atoms with Gasteiger partial charge in [-0.15, -0.1) is 0 Å². The van der Waals surface area contributed by atoms with Crippen molar-refractivity contribution < 1.29 is 4.39 Å². The smallest absolute Gasteiger partial charge is 0.146 e. The van der Waals surface area contributed by atoms with Gasteiger partial charge in [0.25, 0.3) is 0 Å². The number of nitrogens with zero attached hydrogens (tertiary/aromatic N) is 1. The van der Waals surface area contributed by atoms with Gasteiger partial charge in [0.2, 0.25) is 0 Å². The lowest BCUT2D eigenvalue weighted by molar-refractivity contribution is 0.631. The van der Waals surface area contributed by atoms with Crippen molar-refractivity contribution in [1.29, 1.82) is 0 Å². The minimum absolute atomic E-state index is 0.177. The molecule has 1 aromatic carbocycles. The molecule has 0 atom stereocenters. The van der Waals surface area contributed by atoms with E-state index >= 15 is 0 Å². The summed E-state index contributed by atoms with van der Waals surface area (Å²) < 4.78 is 13.8. The van der Waals surface area contributed by atoms with E-state index < -0.39 is 0 Å². The minimum Gasteiger partial charge on any atom is -0.382 e. The van der Waals surface area contributed by atoms with Crippen molar-refractivity contribution in [3.63, 3.8) is 0 Å². The molecule has 0 radical (unpaired) electrons. The highest BCUT2D eigenvalue weighted by atomic mass is 19.1. The summed E-state index contributed by atoms with van der Waals surface area (Å²) in [4.78, 5) is 4.24. The van der Waals surface area contributed by atoms with Crippen molar-refractivity contribution in [2.24, 2.45) is 5.92 Å². The van der Waals surface area contributed by atoms with Crippen molar-refractivity contribution in [2.45, 2.75) is 19.8 Å². The first-order valence-electron chi connectivity index (χ1n) is 6.03. The molecule has 0 unspecified atom stereocenters. The first-order valence-corrected chi connectivity index (χ1v) is 6.03. The lowest BCUT2D eigenvalue weighted by atomic mass is 10.1. The van der Waals surface area contributed by atoms with E-state index in [0.29, 0.717) is 5.69 Å². The largest absolute Gasteiger partial charge is 0.382 e. The SMILES string of the molecule is Cc1nccc2c(NCC3CC3)c(F)ccc12. The molecule has 17 heavy (non-hydrogen) atoms. The fourth-order valence-corrected chi connectivity index (χ4v) is 2.12. The molecule has 1 aliphatic rings. The number of hydrogen-bond donors (Lipinski definition) is 1.